The average Bonchev–Trinajstić information content (AvgIpc) is 3.12. The van der Waals surface area contributed by atoms with Crippen LogP contribution in [0.15, 0.2) is 18.3 Å². The van der Waals surface area contributed by atoms with Gasteiger partial charge in [0.05, 0.1) is 33.8 Å². The van der Waals surface area contributed by atoms with E-state index < -0.39 is 11.7 Å². The van der Waals surface area contributed by atoms with Crippen LogP contribution in [0.4, 0.5) is 10.5 Å². The second kappa shape index (κ2) is 10.8. The monoisotopic (exact) mass is 520 g/mol. The van der Waals surface area contributed by atoms with Gasteiger partial charge in [-0.1, -0.05) is 0 Å². The molecule has 1 saturated carbocycles. The molecule has 4 rings (SSSR count). The summed E-state index contributed by atoms with van der Waals surface area (Å²) in [6, 6.07) is 4.06. The summed E-state index contributed by atoms with van der Waals surface area (Å²) in [6.07, 6.45) is 5.49. The van der Waals surface area contributed by atoms with E-state index in [0.29, 0.717) is 39.6 Å². The van der Waals surface area contributed by atoms with Crippen LogP contribution in [0, 0.1) is 19.8 Å². The standard InChI is InChI=1S/C29H40N6O3/c1-17-25(18(2)35(33-17)28(37)38-29(4,5)6)23-13-14-24-27(32-23)26(22(15-30-24)19(3)36)31-21-11-9-20(10-12-21)16-34(7)8/h13-15,20-21H,9-12,16H2,1-8H3,(H,30,31). The van der Waals surface area contributed by atoms with Crippen LogP contribution < -0.4 is 5.32 Å². The molecule has 204 valence electrons. The molecule has 1 N–H and O–H groups in total. The van der Waals surface area contributed by atoms with Crippen molar-refractivity contribution in [3.05, 3.63) is 35.3 Å². The van der Waals surface area contributed by atoms with Crippen LogP contribution in [-0.2, 0) is 4.74 Å². The lowest BCUT2D eigenvalue weighted by atomic mass is 9.85. The molecular weight excluding hydrogens is 480 g/mol. The minimum atomic E-state index is -0.633. The van der Waals surface area contributed by atoms with Crippen molar-refractivity contribution in [1.82, 2.24) is 24.6 Å². The number of pyridine rings is 2. The lowest BCUT2D eigenvalue weighted by Gasteiger charge is -2.31. The van der Waals surface area contributed by atoms with E-state index in [1.54, 1.807) is 13.1 Å². The zero-order valence-electron chi connectivity index (χ0n) is 23.9. The van der Waals surface area contributed by atoms with Gasteiger partial charge in [-0.25, -0.2) is 9.78 Å². The number of fused-ring (bicyclic) bond motifs is 1. The van der Waals surface area contributed by atoms with Gasteiger partial charge in [0, 0.05) is 24.3 Å². The minimum Gasteiger partial charge on any atom is -0.442 e. The van der Waals surface area contributed by atoms with Crippen molar-refractivity contribution in [3.63, 3.8) is 0 Å². The fourth-order valence-electron chi connectivity index (χ4n) is 5.32. The molecule has 1 aliphatic rings. The van der Waals surface area contributed by atoms with Gasteiger partial charge in [-0.3, -0.25) is 9.78 Å². The first-order chi connectivity index (χ1) is 17.8. The van der Waals surface area contributed by atoms with E-state index in [0.717, 1.165) is 43.5 Å². The van der Waals surface area contributed by atoms with Crippen LogP contribution in [0.3, 0.4) is 0 Å². The molecule has 0 aliphatic heterocycles. The maximum Gasteiger partial charge on any atom is 0.435 e. The first-order valence-electron chi connectivity index (χ1n) is 13.4. The van der Waals surface area contributed by atoms with Crippen LogP contribution in [0.25, 0.3) is 22.3 Å². The highest BCUT2D eigenvalue weighted by atomic mass is 16.6. The van der Waals surface area contributed by atoms with E-state index in [1.165, 1.54) is 4.68 Å². The number of rotatable bonds is 6. The van der Waals surface area contributed by atoms with E-state index in [2.05, 4.69) is 34.4 Å². The van der Waals surface area contributed by atoms with Gasteiger partial charge in [0.15, 0.2) is 5.78 Å². The zero-order valence-corrected chi connectivity index (χ0v) is 23.9. The number of carbonyl (C=O) groups is 2. The second-order valence-corrected chi connectivity index (χ2v) is 11.7. The van der Waals surface area contributed by atoms with E-state index in [4.69, 9.17) is 9.72 Å². The van der Waals surface area contributed by atoms with Crippen molar-refractivity contribution >= 4 is 28.6 Å². The fraction of sp³-hybridized carbons (Fsp3) is 0.552. The van der Waals surface area contributed by atoms with Gasteiger partial charge in [-0.2, -0.15) is 9.78 Å². The Morgan fingerprint density at radius 1 is 1.13 bits per heavy atom. The Balaban J connectivity index is 1.71. The summed E-state index contributed by atoms with van der Waals surface area (Å²) in [5, 5.41) is 8.13. The molecule has 0 bridgehead atoms. The molecule has 1 aliphatic carbocycles. The van der Waals surface area contributed by atoms with Crippen LogP contribution in [-0.4, -0.2) is 68.8 Å². The zero-order chi connectivity index (χ0) is 27.8. The Hall–Kier alpha value is -3.33. The topological polar surface area (TPSA) is 102 Å². The quantitative estimate of drug-likeness (QED) is 0.417. The highest BCUT2D eigenvalue weighted by Crippen LogP contribution is 2.34. The summed E-state index contributed by atoms with van der Waals surface area (Å²) in [7, 11) is 4.24. The first-order valence-corrected chi connectivity index (χ1v) is 13.4. The molecule has 0 amide bonds. The van der Waals surface area contributed by atoms with Crippen molar-refractivity contribution in [2.75, 3.05) is 26.0 Å². The molecule has 0 aromatic carbocycles. The number of hydrogen-bond donors (Lipinski definition) is 1. The van der Waals surface area contributed by atoms with E-state index in [9.17, 15) is 9.59 Å². The molecule has 1 fully saturated rings. The number of Topliss-reactive ketones (excluding diaryl/α,β-unsaturated/α-hetero) is 1. The Morgan fingerprint density at radius 3 is 2.42 bits per heavy atom. The SMILES string of the molecule is CC(=O)c1cnc2ccc(-c3c(C)nn(C(=O)OC(C)(C)C)c3C)nc2c1NC1CCC(CN(C)C)CC1. The lowest BCUT2D eigenvalue weighted by Crippen LogP contribution is -2.31. The van der Waals surface area contributed by atoms with Gasteiger partial charge >= 0.3 is 6.09 Å². The van der Waals surface area contributed by atoms with E-state index in [-0.39, 0.29) is 11.8 Å². The largest absolute Gasteiger partial charge is 0.442 e. The summed E-state index contributed by atoms with van der Waals surface area (Å²) in [6.45, 7) is 11.8. The molecule has 3 heterocycles. The molecule has 9 heteroatoms. The van der Waals surface area contributed by atoms with Gasteiger partial charge in [0.2, 0.25) is 0 Å². The number of aromatic nitrogens is 4. The normalized spacial score (nSPS) is 18.1. The fourth-order valence-corrected chi connectivity index (χ4v) is 5.32. The number of anilines is 1. The van der Waals surface area contributed by atoms with Gasteiger partial charge in [0.1, 0.15) is 11.1 Å². The molecule has 0 atom stereocenters. The number of carbonyl (C=O) groups excluding carboxylic acids is 2. The maximum absolute atomic E-state index is 12.8. The molecule has 0 unspecified atom stereocenters. The van der Waals surface area contributed by atoms with Crippen molar-refractivity contribution in [3.8, 4) is 11.3 Å². The van der Waals surface area contributed by atoms with Gasteiger partial charge in [-0.15, -0.1) is 0 Å². The molecule has 38 heavy (non-hydrogen) atoms. The molecule has 0 radical (unpaired) electrons. The Bertz CT molecular complexity index is 1350. The third-order valence-electron chi connectivity index (χ3n) is 7.02. The van der Waals surface area contributed by atoms with Gasteiger partial charge in [-0.05, 0) is 99.4 Å². The molecule has 3 aromatic heterocycles. The highest BCUT2D eigenvalue weighted by Gasteiger charge is 2.26. The van der Waals surface area contributed by atoms with Gasteiger partial charge < -0.3 is 15.0 Å². The molecule has 0 saturated heterocycles. The van der Waals surface area contributed by atoms with Crippen LogP contribution >= 0.6 is 0 Å². The third kappa shape index (κ3) is 6.04. The van der Waals surface area contributed by atoms with Crippen molar-refractivity contribution in [1.29, 1.82) is 0 Å². The number of nitrogens with zero attached hydrogens (tertiary/aromatic N) is 5. The first kappa shape index (κ1) is 27.7. The van der Waals surface area contributed by atoms with E-state index in [1.807, 2.05) is 46.8 Å². The number of ether oxygens (including phenoxy) is 1. The number of nitrogens with one attached hydrogen (secondary N) is 1. The number of hydrogen-bond acceptors (Lipinski definition) is 8. The molecule has 9 nitrogen and oxygen atoms in total. The Kier molecular flexibility index (Phi) is 7.88. The summed E-state index contributed by atoms with van der Waals surface area (Å²) in [5.41, 5.74) is 4.74. The summed E-state index contributed by atoms with van der Waals surface area (Å²) < 4.78 is 6.82. The predicted molar refractivity (Wildman–Crippen MR) is 150 cm³/mol. The second-order valence-electron chi connectivity index (χ2n) is 11.7. The van der Waals surface area contributed by atoms with Gasteiger partial charge in [0.25, 0.3) is 0 Å². The summed E-state index contributed by atoms with van der Waals surface area (Å²) >= 11 is 0. The average molecular weight is 521 g/mol. The lowest BCUT2D eigenvalue weighted by molar-refractivity contribution is 0.0510. The summed E-state index contributed by atoms with van der Waals surface area (Å²) in [5.74, 6) is 0.641. The van der Waals surface area contributed by atoms with Crippen LogP contribution in [0.2, 0.25) is 0 Å². The smallest absolute Gasteiger partial charge is 0.435 e. The summed E-state index contributed by atoms with van der Waals surface area (Å²) in [4.78, 5) is 37.1. The number of aryl methyl sites for hydroxylation is 1. The number of ketones is 1. The van der Waals surface area contributed by atoms with E-state index >= 15 is 0 Å². The minimum absolute atomic E-state index is 0.0551. The third-order valence-corrected chi connectivity index (χ3v) is 7.02. The van der Waals surface area contributed by atoms with Crippen LogP contribution in [0.1, 0.15) is 75.1 Å². The highest BCUT2D eigenvalue weighted by molar-refractivity contribution is 6.06. The Labute approximate surface area is 225 Å². The van der Waals surface area contributed by atoms with Crippen molar-refractivity contribution in [2.24, 2.45) is 5.92 Å². The maximum atomic E-state index is 12.8. The van der Waals surface area contributed by atoms with Crippen molar-refractivity contribution in [2.45, 2.75) is 78.9 Å². The molecule has 3 aromatic rings. The molecule has 0 spiro atoms. The predicted octanol–water partition coefficient (Wildman–Crippen LogP) is 5.63. The van der Waals surface area contributed by atoms with Crippen molar-refractivity contribution < 1.29 is 14.3 Å². The Morgan fingerprint density at radius 2 is 1.82 bits per heavy atom. The molecular formula is C29H40N6O3. The van der Waals surface area contributed by atoms with Crippen LogP contribution in [0.5, 0.6) is 0 Å².